The number of hydrogen-bond donors (Lipinski definition) is 1. The fourth-order valence-electron chi connectivity index (χ4n) is 2.65. The second-order valence-electron chi connectivity index (χ2n) is 5.85. The molecular formula is C16H25BrN2. The number of benzene rings is 1. The van der Waals surface area contributed by atoms with Crippen molar-refractivity contribution in [3.05, 3.63) is 28.2 Å². The van der Waals surface area contributed by atoms with E-state index in [0.29, 0.717) is 12.1 Å². The molecule has 0 bridgehead atoms. The minimum Gasteiger partial charge on any atom is -0.369 e. The first-order valence-corrected chi connectivity index (χ1v) is 8.15. The molecule has 19 heavy (non-hydrogen) atoms. The summed E-state index contributed by atoms with van der Waals surface area (Å²) in [5, 5.41) is 3.47. The summed E-state index contributed by atoms with van der Waals surface area (Å²) in [5.74, 6) is 0. The number of halogens is 1. The third-order valence-electron chi connectivity index (χ3n) is 3.87. The van der Waals surface area contributed by atoms with Crippen molar-refractivity contribution in [1.82, 2.24) is 5.32 Å². The maximum atomic E-state index is 3.72. The van der Waals surface area contributed by atoms with E-state index in [0.717, 1.165) is 6.54 Å². The molecule has 2 rings (SSSR count). The fraction of sp³-hybridized carbons (Fsp3) is 0.625. The number of anilines is 1. The largest absolute Gasteiger partial charge is 0.369 e. The quantitative estimate of drug-likeness (QED) is 0.886. The molecule has 1 aliphatic rings. The Bertz CT molecular complexity index is 417. The second kappa shape index (κ2) is 6.76. The van der Waals surface area contributed by atoms with E-state index in [1.165, 1.54) is 41.5 Å². The molecule has 0 amide bonds. The van der Waals surface area contributed by atoms with Crippen LogP contribution in [0.4, 0.5) is 5.69 Å². The van der Waals surface area contributed by atoms with Crippen molar-refractivity contribution in [2.24, 2.45) is 0 Å². The Morgan fingerprint density at radius 2 is 2.16 bits per heavy atom. The molecule has 0 spiro atoms. The van der Waals surface area contributed by atoms with Crippen LogP contribution in [0.25, 0.3) is 0 Å². The van der Waals surface area contributed by atoms with Crippen LogP contribution in [0.2, 0.25) is 0 Å². The molecule has 0 radical (unpaired) electrons. The van der Waals surface area contributed by atoms with Gasteiger partial charge < -0.3 is 10.2 Å². The summed E-state index contributed by atoms with van der Waals surface area (Å²) in [4.78, 5) is 2.54. The van der Waals surface area contributed by atoms with Crippen molar-refractivity contribution >= 4 is 21.6 Å². The maximum absolute atomic E-state index is 3.72. The van der Waals surface area contributed by atoms with Crippen molar-refractivity contribution in [2.45, 2.75) is 58.7 Å². The molecule has 0 saturated carbocycles. The van der Waals surface area contributed by atoms with Crippen molar-refractivity contribution in [2.75, 3.05) is 11.4 Å². The minimum atomic E-state index is 0.522. The molecular weight excluding hydrogens is 300 g/mol. The van der Waals surface area contributed by atoms with Crippen LogP contribution in [0.1, 0.15) is 45.6 Å². The molecule has 1 N–H and O–H groups in total. The first kappa shape index (κ1) is 14.9. The van der Waals surface area contributed by atoms with E-state index in [1.807, 2.05) is 0 Å². The predicted molar refractivity (Wildman–Crippen MR) is 86.8 cm³/mol. The highest BCUT2D eigenvalue weighted by molar-refractivity contribution is 9.10. The van der Waals surface area contributed by atoms with Gasteiger partial charge in [0.25, 0.3) is 0 Å². The molecule has 2 nitrogen and oxygen atoms in total. The highest BCUT2D eigenvalue weighted by Crippen LogP contribution is 2.29. The van der Waals surface area contributed by atoms with Crippen molar-refractivity contribution in [3.63, 3.8) is 0 Å². The Morgan fingerprint density at radius 1 is 1.37 bits per heavy atom. The number of hydrogen-bond acceptors (Lipinski definition) is 2. The Hall–Kier alpha value is -0.540. The van der Waals surface area contributed by atoms with Crippen molar-refractivity contribution < 1.29 is 0 Å². The van der Waals surface area contributed by atoms with Crippen LogP contribution in [0.5, 0.6) is 0 Å². The van der Waals surface area contributed by atoms with Gasteiger partial charge in [0.1, 0.15) is 0 Å². The van der Waals surface area contributed by atoms with Gasteiger partial charge in [0.15, 0.2) is 0 Å². The normalized spacial score (nSPS) is 20.1. The van der Waals surface area contributed by atoms with Gasteiger partial charge in [0.05, 0.1) is 0 Å². The maximum Gasteiger partial charge on any atom is 0.0380 e. The number of nitrogens with one attached hydrogen (secondary N) is 1. The zero-order valence-electron chi connectivity index (χ0n) is 12.2. The van der Waals surface area contributed by atoms with Crippen molar-refractivity contribution in [1.29, 1.82) is 0 Å². The fourth-order valence-corrected chi connectivity index (χ4v) is 3.16. The zero-order chi connectivity index (χ0) is 13.8. The molecule has 1 atom stereocenters. The van der Waals surface area contributed by atoms with Gasteiger partial charge in [-0.2, -0.15) is 0 Å². The third-order valence-corrected chi connectivity index (χ3v) is 4.61. The molecule has 1 aromatic rings. The van der Waals surface area contributed by atoms with Gasteiger partial charge >= 0.3 is 0 Å². The molecule has 0 aliphatic carbocycles. The molecule has 1 unspecified atom stereocenters. The molecule has 1 aliphatic heterocycles. The van der Waals surface area contributed by atoms with E-state index < -0.39 is 0 Å². The van der Waals surface area contributed by atoms with Crippen LogP contribution in [-0.2, 0) is 6.54 Å². The first-order chi connectivity index (χ1) is 9.08. The van der Waals surface area contributed by atoms with Crippen LogP contribution < -0.4 is 10.2 Å². The summed E-state index contributed by atoms with van der Waals surface area (Å²) in [6, 6.07) is 7.98. The molecule has 1 saturated heterocycles. The molecule has 1 fully saturated rings. The second-order valence-corrected chi connectivity index (χ2v) is 6.70. The summed E-state index contributed by atoms with van der Waals surface area (Å²) in [6.07, 6.45) is 4.00. The summed E-state index contributed by atoms with van der Waals surface area (Å²) in [5.41, 5.74) is 2.69. The van der Waals surface area contributed by atoms with E-state index in [1.54, 1.807) is 0 Å². The van der Waals surface area contributed by atoms with Gasteiger partial charge in [-0.1, -0.05) is 35.8 Å². The lowest BCUT2D eigenvalue weighted by Crippen LogP contribution is -2.37. The van der Waals surface area contributed by atoms with Gasteiger partial charge in [-0.25, -0.2) is 0 Å². The number of nitrogens with zero attached hydrogens (tertiary/aromatic N) is 1. The average molecular weight is 325 g/mol. The lowest BCUT2D eigenvalue weighted by Gasteiger charge is -2.35. The highest BCUT2D eigenvalue weighted by Gasteiger charge is 2.19. The standard InChI is InChI=1S/C16H25BrN2/c1-12(2)18-11-14-7-8-15(10-16(14)17)19-9-5-4-6-13(19)3/h7-8,10,12-13,18H,4-6,9,11H2,1-3H3. The highest BCUT2D eigenvalue weighted by atomic mass is 79.9. The molecule has 0 aromatic heterocycles. The van der Waals surface area contributed by atoms with Gasteiger partial charge in [0, 0.05) is 35.3 Å². The lowest BCUT2D eigenvalue weighted by molar-refractivity contribution is 0.484. The van der Waals surface area contributed by atoms with E-state index in [-0.39, 0.29) is 0 Å². The topological polar surface area (TPSA) is 15.3 Å². The molecule has 106 valence electrons. The number of piperidine rings is 1. The lowest BCUT2D eigenvalue weighted by atomic mass is 10.0. The minimum absolute atomic E-state index is 0.522. The van der Waals surface area contributed by atoms with Crippen LogP contribution >= 0.6 is 15.9 Å². The molecule has 3 heteroatoms. The van der Waals surface area contributed by atoms with E-state index in [2.05, 4.69) is 65.1 Å². The summed E-state index contributed by atoms with van der Waals surface area (Å²) >= 11 is 3.72. The predicted octanol–water partition coefficient (Wildman–Crippen LogP) is 4.33. The molecule has 1 heterocycles. The van der Waals surface area contributed by atoms with E-state index in [4.69, 9.17) is 0 Å². The molecule has 1 aromatic carbocycles. The Labute approximate surface area is 125 Å². The monoisotopic (exact) mass is 324 g/mol. The summed E-state index contributed by atoms with van der Waals surface area (Å²) < 4.78 is 1.22. The SMILES string of the molecule is CC(C)NCc1ccc(N2CCCCC2C)cc1Br. The van der Waals surface area contributed by atoms with Crippen molar-refractivity contribution in [3.8, 4) is 0 Å². The summed E-state index contributed by atoms with van der Waals surface area (Å²) in [7, 11) is 0. The van der Waals surface area contributed by atoms with Gasteiger partial charge in [-0.3, -0.25) is 0 Å². The average Bonchev–Trinajstić information content (AvgIpc) is 2.37. The smallest absolute Gasteiger partial charge is 0.0380 e. The zero-order valence-corrected chi connectivity index (χ0v) is 13.8. The van der Waals surface area contributed by atoms with Gasteiger partial charge in [-0.05, 0) is 43.9 Å². The summed E-state index contributed by atoms with van der Waals surface area (Å²) in [6.45, 7) is 8.81. The Balaban J connectivity index is 2.09. The van der Waals surface area contributed by atoms with Crippen LogP contribution in [0.15, 0.2) is 22.7 Å². The Kier molecular flexibility index (Phi) is 5.28. The third kappa shape index (κ3) is 3.96. The van der Waals surface area contributed by atoms with E-state index >= 15 is 0 Å². The first-order valence-electron chi connectivity index (χ1n) is 7.36. The van der Waals surface area contributed by atoms with E-state index in [9.17, 15) is 0 Å². The van der Waals surface area contributed by atoms with Crippen LogP contribution in [-0.4, -0.2) is 18.6 Å². The number of rotatable bonds is 4. The Morgan fingerprint density at radius 3 is 2.79 bits per heavy atom. The van der Waals surface area contributed by atoms with Gasteiger partial charge in [0.2, 0.25) is 0 Å². The van der Waals surface area contributed by atoms with Gasteiger partial charge in [-0.15, -0.1) is 0 Å². The van der Waals surface area contributed by atoms with Crippen LogP contribution in [0.3, 0.4) is 0 Å². The van der Waals surface area contributed by atoms with Crippen LogP contribution in [0, 0.1) is 0 Å².